The standard InChI is InChI=1S/C31H32ClF3N4O3/c32-23-9-10-25(21-5-3-19(4-6-21)20-11-14-37(15-12-20)29(40)22-7-8-22)27(16-23)38-13-1-2-24(18-38)39-28(31(33,34)35)26(17-36-39)30(41)42/h3-6,9-10,16-17,20,22,24H,1-2,7-8,11-15,18H2,(H,41,42). The van der Waals surface area contributed by atoms with E-state index in [0.717, 1.165) is 66.5 Å². The molecule has 2 aliphatic heterocycles. The molecule has 3 heterocycles. The number of carbonyl (C=O) groups excluding carboxylic acids is 1. The highest BCUT2D eigenvalue weighted by Gasteiger charge is 2.42. The molecule has 0 bridgehead atoms. The number of likely N-dealkylation sites (tertiary alicyclic amines) is 1. The number of amides is 1. The normalized spacial score (nSPS) is 20.1. The van der Waals surface area contributed by atoms with Gasteiger partial charge in [-0.15, -0.1) is 0 Å². The van der Waals surface area contributed by atoms with Gasteiger partial charge in [-0.2, -0.15) is 18.3 Å². The summed E-state index contributed by atoms with van der Waals surface area (Å²) in [5, 5.41) is 13.7. The quantitative estimate of drug-likeness (QED) is 0.334. The Hall–Kier alpha value is -3.53. The molecule has 1 aliphatic carbocycles. The molecule has 222 valence electrons. The van der Waals surface area contributed by atoms with Crippen LogP contribution in [-0.4, -0.2) is 57.8 Å². The van der Waals surface area contributed by atoms with Crippen LogP contribution in [0.1, 0.15) is 72.1 Å². The molecule has 6 rings (SSSR count). The third kappa shape index (κ3) is 5.73. The van der Waals surface area contributed by atoms with Crippen molar-refractivity contribution in [1.29, 1.82) is 0 Å². The van der Waals surface area contributed by atoms with Crippen molar-refractivity contribution in [3.63, 3.8) is 0 Å². The largest absolute Gasteiger partial charge is 0.478 e. The van der Waals surface area contributed by atoms with Crippen LogP contribution in [0.2, 0.25) is 5.02 Å². The van der Waals surface area contributed by atoms with Crippen molar-refractivity contribution in [3.8, 4) is 11.1 Å². The number of aromatic nitrogens is 2. The van der Waals surface area contributed by atoms with Crippen molar-refractivity contribution in [1.82, 2.24) is 14.7 Å². The Morgan fingerprint density at radius 3 is 2.31 bits per heavy atom. The van der Waals surface area contributed by atoms with E-state index in [-0.39, 0.29) is 12.5 Å². The van der Waals surface area contributed by atoms with E-state index < -0.39 is 29.4 Å². The van der Waals surface area contributed by atoms with Gasteiger partial charge in [0, 0.05) is 48.4 Å². The van der Waals surface area contributed by atoms with Crippen LogP contribution in [0.5, 0.6) is 0 Å². The fourth-order valence-electron chi connectivity index (χ4n) is 6.42. The van der Waals surface area contributed by atoms with Gasteiger partial charge >= 0.3 is 12.1 Å². The number of carboxylic acids is 1. The number of aromatic carboxylic acids is 1. The van der Waals surface area contributed by atoms with Gasteiger partial charge in [0.1, 0.15) is 5.56 Å². The van der Waals surface area contributed by atoms with Crippen molar-refractivity contribution in [2.24, 2.45) is 5.92 Å². The molecule has 2 aromatic carbocycles. The number of halogens is 4. The third-order valence-electron chi connectivity index (χ3n) is 8.76. The molecule has 2 saturated heterocycles. The van der Waals surface area contributed by atoms with Crippen molar-refractivity contribution < 1.29 is 27.9 Å². The van der Waals surface area contributed by atoms with Gasteiger partial charge in [0.05, 0.1) is 12.2 Å². The average Bonchev–Trinajstić information content (AvgIpc) is 3.73. The van der Waals surface area contributed by atoms with Gasteiger partial charge in [-0.05, 0) is 67.7 Å². The second-order valence-corrected chi connectivity index (χ2v) is 12.0. The maximum absolute atomic E-state index is 13.9. The van der Waals surface area contributed by atoms with E-state index in [1.165, 1.54) is 5.56 Å². The molecule has 42 heavy (non-hydrogen) atoms. The third-order valence-corrected chi connectivity index (χ3v) is 9.00. The lowest BCUT2D eigenvalue weighted by molar-refractivity contribution is -0.145. The summed E-state index contributed by atoms with van der Waals surface area (Å²) in [4.78, 5) is 27.9. The molecule has 1 aromatic heterocycles. The molecular formula is C31H32ClF3N4O3. The number of nitrogens with zero attached hydrogens (tertiary/aromatic N) is 4. The summed E-state index contributed by atoms with van der Waals surface area (Å²) < 4.78 is 42.5. The second-order valence-electron chi connectivity index (χ2n) is 11.6. The number of carboxylic acid groups (broad SMARTS) is 1. The van der Waals surface area contributed by atoms with Crippen LogP contribution in [0.15, 0.2) is 48.7 Å². The van der Waals surface area contributed by atoms with Crippen LogP contribution in [0, 0.1) is 5.92 Å². The Labute approximate surface area is 246 Å². The molecule has 3 aliphatic rings. The van der Waals surface area contributed by atoms with Gasteiger partial charge in [0.15, 0.2) is 5.69 Å². The Morgan fingerprint density at radius 2 is 1.67 bits per heavy atom. The monoisotopic (exact) mass is 600 g/mol. The van der Waals surface area contributed by atoms with Crippen molar-refractivity contribution in [2.45, 2.75) is 56.7 Å². The fourth-order valence-corrected chi connectivity index (χ4v) is 6.58. The molecule has 1 unspecified atom stereocenters. The van der Waals surface area contributed by atoms with E-state index in [4.69, 9.17) is 11.6 Å². The first-order valence-electron chi connectivity index (χ1n) is 14.4. The smallest absolute Gasteiger partial charge is 0.433 e. The van der Waals surface area contributed by atoms with Crippen LogP contribution in [0.3, 0.4) is 0 Å². The Morgan fingerprint density at radius 1 is 0.952 bits per heavy atom. The number of rotatable bonds is 6. The van der Waals surface area contributed by atoms with Crippen LogP contribution in [-0.2, 0) is 11.0 Å². The highest BCUT2D eigenvalue weighted by atomic mass is 35.5. The lowest BCUT2D eigenvalue weighted by atomic mass is 9.88. The zero-order valence-electron chi connectivity index (χ0n) is 23.0. The van der Waals surface area contributed by atoms with E-state index in [1.54, 1.807) is 6.07 Å². The molecule has 7 nitrogen and oxygen atoms in total. The van der Waals surface area contributed by atoms with Gasteiger partial charge in [-0.1, -0.05) is 41.9 Å². The number of hydrogen-bond donors (Lipinski definition) is 1. The SMILES string of the molecule is O=C(O)c1cnn(C2CCCN(c3cc(Cl)ccc3-c3ccc(C4CCN(C(=O)C5CC5)CC4)cc3)C2)c1C(F)(F)F. The number of piperidine rings is 2. The Bertz CT molecular complexity index is 1480. The molecule has 1 amide bonds. The molecule has 3 aromatic rings. The van der Waals surface area contributed by atoms with Gasteiger partial charge in [0.25, 0.3) is 0 Å². The summed E-state index contributed by atoms with van der Waals surface area (Å²) in [5.41, 5.74) is 1.86. The second kappa shape index (κ2) is 11.3. The van der Waals surface area contributed by atoms with E-state index in [0.29, 0.717) is 36.2 Å². The highest BCUT2D eigenvalue weighted by Crippen LogP contribution is 2.40. The van der Waals surface area contributed by atoms with Gasteiger partial charge in [-0.25, -0.2) is 4.79 Å². The van der Waals surface area contributed by atoms with Crippen LogP contribution < -0.4 is 4.90 Å². The minimum absolute atomic E-state index is 0.230. The van der Waals surface area contributed by atoms with Gasteiger partial charge in [0.2, 0.25) is 5.91 Å². The van der Waals surface area contributed by atoms with E-state index in [1.807, 2.05) is 21.9 Å². The van der Waals surface area contributed by atoms with Gasteiger partial charge < -0.3 is 14.9 Å². The summed E-state index contributed by atoms with van der Waals surface area (Å²) in [6.45, 7) is 2.43. The molecule has 3 fully saturated rings. The Balaban J connectivity index is 1.21. The lowest BCUT2D eigenvalue weighted by Crippen LogP contribution is -2.38. The highest BCUT2D eigenvalue weighted by molar-refractivity contribution is 6.31. The number of benzene rings is 2. The number of hydrogen-bond acceptors (Lipinski definition) is 4. The predicted octanol–water partition coefficient (Wildman–Crippen LogP) is 6.88. The van der Waals surface area contributed by atoms with E-state index in [2.05, 4.69) is 29.4 Å². The fraction of sp³-hybridized carbons (Fsp3) is 0.452. The van der Waals surface area contributed by atoms with Crippen molar-refractivity contribution in [3.05, 3.63) is 70.5 Å². The average molecular weight is 601 g/mol. The predicted molar refractivity (Wildman–Crippen MR) is 153 cm³/mol. The minimum Gasteiger partial charge on any atom is -0.478 e. The number of anilines is 1. The lowest BCUT2D eigenvalue weighted by Gasteiger charge is -2.36. The van der Waals surface area contributed by atoms with Crippen molar-refractivity contribution >= 4 is 29.2 Å². The summed E-state index contributed by atoms with van der Waals surface area (Å²) in [6, 6.07) is 13.3. The molecule has 0 radical (unpaired) electrons. The topological polar surface area (TPSA) is 78.7 Å². The van der Waals surface area contributed by atoms with Crippen LogP contribution in [0.4, 0.5) is 18.9 Å². The first-order valence-corrected chi connectivity index (χ1v) is 14.8. The number of carbonyl (C=O) groups is 2. The van der Waals surface area contributed by atoms with E-state index in [9.17, 15) is 27.9 Å². The first kappa shape index (κ1) is 28.6. The molecule has 0 spiro atoms. The summed E-state index contributed by atoms with van der Waals surface area (Å²) >= 11 is 6.40. The first-order chi connectivity index (χ1) is 20.1. The zero-order chi connectivity index (χ0) is 29.6. The molecular weight excluding hydrogens is 569 g/mol. The maximum atomic E-state index is 13.9. The van der Waals surface area contributed by atoms with Crippen LogP contribution >= 0.6 is 11.6 Å². The maximum Gasteiger partial charge on any atom is 0.433 e. The molecule has 1 N–H and O–H groups in total. The van der Waals surface area contributed by atoms with E-state index >= 15 is 0 Å². The summed E-state index contributed by atoms with van der Waals surface area (Å²) in [6.07, 6.45) is 0.909. The molecule has 11 heteroatoms. The van der Waals surface area contributed by atoms with Crippen LogP contribution in [0.25, 0.3) is 11.1 Å². The minimum atomic E-state index is -4.85. The Kier molecular flexibility index (Phi) is 7.68. The van der Waals surface area contributed by atoms with Crippen molar-refractivity contribution in [2.75, 3.05) is 31.1 Å². The summed E-state index contributed by atoms with van der Waals surface area (Å²) in [5.74, 6) is -0.705. The zero-order valence-corrected chi connectivity index (χ0v) is 23.7. The van der Waals surface area contributed by atoms with Gasteiger partial charge in [-0.3, -0.25) is 9.48 Å². The molecule has 1 atom stereocenters. The molecule has 1 saturated carbocycles. The summed E-state index contributed by atoms with van der Waals surface area (Å²) in [7, 11) is 0. The number of alkyl halides is 3.